The number of halogens is 1. The first-order valence-corrected chi connectivity index (χ1v) is 4.83. The summed E-state index contributed by atoms with van der Waals surface area (Å²) in [7, 11) is 0. The van der Waals surface area contributed by atoms with Crippen molar-refractivity contribution < 1.29 is 0 Å². The fourth-order valence-corrected chi connectivity index (χ4v) is 2.09. The van der Waals surface area contributed by atoms with E-state index < -0.39 is 0 Å². The molecule has 0 aliphatic heterocycles. The van der Waals surface area contributed by atoms with Crippen LogP contribution >= 0.6 is 22.9 Å². The zero-order chi connectivity index (χ0) is 8.39. The first kappa shape index (κ1) is 7.84. The highest BCUT2D eigenvalue weighted by Gasteiger charge is 2.01. The second-order valence-corrected chi connectivity index (χ2v) is 3.74. The molecule has 0 N–H and O–H groups in total. The molecule has 0 saturated carbocycles. The Kier molecular flexibility index (Phi) is 2.15. The van der Waals surface area contributed by atoms with Crippen LogP contribution in [0, 0.1) is 6.07 Å². The molecule has 0 bridgehead atoms. The van der Waals surface area contributed by atoms with Gasteiger partial charge in [-0.1, -0.05) is 29.8 Å². The molecule has 1 aromatic carbocycles. The lowest BCUT2D eigenvalue weighted by molar-refractivity contribution is 1.68. The van der Waals surface area contributed by atoms with Gasteiger partial charge < -0.3 is 0 Å². The molecule has 0 fully saturated rings. The zero-order valence-corrected chi connectivity index (χ0v) is 7.82. The van der Waals surface area contributed by atoms with Gasteiger partial charge in [0.1, 0.15) is 0 Å². The molecular weight excluding hydrogens is 188 g/mol. The lowest BCUT2D eigenvalue weighted by atomic mass is 10.2. The minimum atomic E-state index is 0.764. The number of thiophene rings is 1. The third-order valence-electron chi connectivity index (χ3n) is 1.60. The summed E-state index contributed by atoms with van der Waals surface area (Å²) >= 11 is 7.68. The van der Waals surface area contributed by atoms with Crippen LogP contribution < -0.4 is 0 Å². The standard InChI is InChI=1S/C10H6ClS/c11-9-5-2-1-4-8(9)10-6-3-7-12-10/h1,3-7H. The molecule has 2 heteroatoms. The van der Waals surface area contributed by atoms with Crippen LogP contribution in [-0.2, 0) is 0 Å². The molecule has 0 aliphatic carbocycles. The fourth-order valence-electron chi connectivity index (χ4n) is 1.04. The fraction of sp³-hybridized carbons (Fsp3) is 0. The molecule has 2 rings (SSSR count). The predicted octanol–water partition coefficient (Wildman–Crippen LogP) is 3.87. The molecule has 59 valence electrons. The van der Waals surface area contributed by atoms with Crippen molar-refractivity contribution >= 4 is 22.9 Å². The maximum Gasteiger partial charge on any atom is 0.0498 e. The topological polar surface area (TPSA) is 0 Å². The second-order valence-electron chi connectivity index (χ2n) is 2.38. The third-order valence-corrected chi connectivity index (χ3v) is 2.82. The van der Waals surface area contributed by atoms with Gasteiger partial charge in [0.2, 0.25) is 0 Å². The smallest absolute Gasteiger partial charge is 0.0498 e. The normalized spacial score (nSPS) is 10.1. The Labute approximate surface area is 80.4 Å². The minimum absolute atomic E-state index is 0.764. The first-order chi connectivity index (χ1) is 5.88. The van der Waals surface area contributed by atoms with Gasteiger partial charge in [-0.25, -0.2) is 0 Å². The van der Waals surface area contributed by atoms with Gasteiger partial charge in [0.05, 0.1) is 0 Å². The van der Waals surface area contributed by atoms with Crippen LogP contribution in [0.3, 0.4) is 0 Å². The molecule has 0 amide bonds. The van der Waals surface area contributed by atoms with Crippen LogP contribution in [0.4, 0.5) is 0 Å². The summed E-state index contributed by atoms with van der Waals surface area (Å²) in [5.74, 6) is 0. The van der Waals surface area contributed by atoms with Crippen LogP contribution in [-0.4, -0.2) is 0 Å². The van der Waals surface area contributed by atoms with Crippen molar-refractivity contribution in [2.45, 2.75) is 0 Å². The van der Waals surface area contributed by atoms with Gasteiger partial charge in [0.25, 0.3) is 0 Å². The molecule has 0 spiro atoms. The molecule has 1 heterocycles. The van der Waals surface area contributed by atoms with Crippen LogP contribution in [0.25, 0.3) is 10.4 Å². The van der Waals surface area contributed by atoms with Crippen LogP contribution in [0.5, 0.6) is 0 Å². The number of rotatable bonds is 1. The van der Waals surface area contributed by atoms with Crippen LogP contribution in [0.15, 0.2) is 35.7 Å². The van der Waals surface area contributed by atoms with Crippen molar-refractivity contribution in [3.05, 3.63) is 46.8 Å². The summed E-state index contributed by atoms with van der Waals surface area (Å²) in [6.45, 7) is 0. The molecule has 0 saturated heterocycles. The lowest BCUT2D eigenvalue weighted by Gasteiger charge is -1.98. The molecule has 0 unspecified atom stereocenters. The SMILES string of the molecule is Clc1c[c]ccc1-c1cccs1. The van der Waals surface area contributed by atoms with E-state index in [1.165, 1.54) is 4.88 Å². The average Bonchev–Trinajstić information content (AvgIpc) is 2.57. The number of benzene rings is 1. The molecule has 0 atom stereocenters. The second kappa shape index (κ2) is 3.30. The Morgan fingerprint density at radius 3 is 2.92 bits per heavy atom. The van der Waals surface area contributed by atoms with Crippen LogP contribution in [0.2, 0.25) is 5.02 Å². The van der Waals surface area contributed by atoms with Gasteiger partial charge in [-0.3, -0.25) is 0 Å². The molecular formula is C10H6ClS. The van der Waals surface area contributed by atoms with Crippen molar-refractivity contribution in [1.82, 2.24) is 0 Å². The maximum atomic E-state index is 5.99. The van der Waals surface area contributed by atoms with Gasteiger partial charge in [0, 0.05) is 15.5 Å². The van der Waals surface area contributed by atoms with E-state index in [0.717, 1.165) is 10.6 Å². The summed E-state index contributed by atoms with van der Waals surface area (Å²) in [5.41, 5.74) is 1.09. The molecule has 0 nitrogen and oxygen atoms in total. The largest absolute Gasteiger partial charge is 0.144 e. The summed E-state index contributed by atoms with van der Waals surface area (Å²) in [4.78, 5) is 1.20. The highest BCUT2D eigenvalue weighted by atomic mass is 35.5. The summed E-state index contributed by atoms with van der Waals surface area (Å²) in [6.07, 6.45) is 0. The van der Waals surface area contributed by atoms with Gasteiger partial charge >= 0.3 is 0 Å². The highest BCUT2D eigenvalue weighted by Crippen LogP contribution is 2.30. The predicted molar refractivity (Wildman–Crippen MR) is 53.6 cm³/mol. The maximum absolute atomic E-state index is 5.99. The van der Waals surface area contributed by atoms with Crippen molar-refractivity contribution in [3.63, 3.8) is 0 Å². The summed E-state index contributed by atoms with van der Waals surface area (Å²) < 4.78 is 0. The van der Waals surface area contributed by atoms with Gasteiger partial charge in [-0.2, -0.15) is 0 Å². The van der Waals surface area contributed by atoms with Gasteiger partial charge in [0.15, 0.2) is 0 Å². The van der Waals surface area contributed by atoms with E-state index in [0.29, 0.717) is 0 Å². The Balaban J connectivity index is 2.55. The average molecular weight is 194 g/mol. The van der Waals surface area contributed by atoms with E-state index in [9.17, 15) is 0 Å². The quantitative estimate of drug-likeness (QED) is 0.645. The molecule has 0 aliphatic rings. The Morgan fingerprint density at radius 2 is 2.25 bits per heavy atom. The van der Waals surface area contributed by atoms with E-state index in [2.05, 4.69) is 12.1 Å². The Morgan fingerprint density at radius 1 is 1.33 bits per heavy atom. The van der Waals surface area contributed by atoms with E-state index in [4.69, 9.17) is 11.6 Å². The zero-order valence-electron chi connectivity index (χ0n) is 6.25. The van der Waals surface area contributed by atoms with Gasteiger partial charge in [-0.05, 0) is 23.6 Å². The van der Waals surface area contributed by atoms with Crippen LogP contribution in [0.1, 0.15) is 0 Å². The number of hydrogen-bond donors (Lipinski definition) is 0. The highest BCUT2D eigenvalue weighted by molar-refractivity contribution is 7.13. The van der Waals surface area contributed by atoms with Crippen molar-refractivity contribution in [2.75, 3.05) is 0 Å². The Bertz CT molecular complexity index is 365. The lowest BCUT2D eigenvalue weighted by Crippen LogP contribution is -1.72. The number of hydrogen-bond acceptors (Lipinski definition) is 1. The van der Waals surface area contributed by atoms with Crippen molar-refractivity contribution in [1.29, 1.82) is 0 Å². The summed E-state index contributed by atoms with van der Waals surface area (Å²) in [6, 6.07) is 12.7. The Hall–Kier alpha value is -0.790. The van der Waals surface area contributed by atoms with Gasteiger partial charge in [-0.15, -0.1) is 11.3 Å². The minimum Gasteiger partial charge on any atom is -0.144 e. The van der Waals surface area contributed by atoms with E-state index in [1.54, 1.807) is 17.4 Å². The molecule has 2 aromatic rings. The molecule has 1 radical (unpaired) electrons. The van der Waals surface area contributed by atoms with Crippen molar-refractivity contribution in [2.24, 2.45) is 0 Å². The third kappa shape index (κ3) is 1.38. The van der Waals surface area contributed by atoms with E-state index >= 15 is 0 Å². The first-order valence-electron chi connectivity index (χ1n) is 3.57. The molecule has 12 heavy (non-hydrogen) atoms. The van der Waals surface area contributed by atoms with E-state index in [-0.39, 0.29) is 0 Å². The molecule has 1 aromatic heterocycles. The van der Waals surface area contributed by atoms with E-state index in [1.807, 2.05) is 23.6 Å². The summed E-state index contributed by atoms with van der Waals surface area (Å²) in [5, 5.41) is 2.81. The monoisotopic (exact) mass is 193 g/mol. The van der Waals surface area contributed by atoms with Crippen molar-refractivity contribution in [3.8, 4) is 10.4 Å².